The van der Waals surface area contributed by atoms with Gasteiger partial charge in [-0.25, -0.2) is 0 Å². The molecule has 174 valence electrons. The van der Waals surface area contributed by atoms with Crippen molar-refractivity contribution in [1.29, 1.82) is 0 Å². The fraction of sp³-hybridized carbons (Fsp3) is 0.364. The average molecular weight is 469 g/mol. The van der Waals surface area contributed by atoms with Gasteiger partial charge in [0.25, 0.3) is 0 Å². The first-order valence-corrected chi connectivity index (χ1v) is 11.0. The predicted molar refractivity (Wildman–Crippen MR) is 116 cm³/mol. The minimum atomic E-state index is -4.51. The molecule has 2 aromatic carbocycles. The van der Waals surface area contributed by atoms with E-state index in [1.165, 1.54) is 28.8 Å². The highest BCUT2D eigenvalue weighted by Crippen LogP contribution is 2.32. The monoisotopic (exact) mass is 468 g/mol. The van der Waals surface area contributed by atoms with Crippen LogP contribution in [0.4, 0.5) is 23.7 Å². The second-order valence-corrected chi connectivity index (χ2v) is 8.19. The van der Waals surface area contributed by atoms with Crippen molar-refractivity contribution >= 4 is 29.4 Å². The summed E-state index contributed by atoms with van der Waals surface area (Å²) in [6.45, 7) is -0.175. The Morgan fingerprint density at radius 3 is 2.31 bits per heavy atom. The van der Waals surface area contributed by atoms with E-state index < -0.39 is 30.3 Å². The van der Waals surface area contributed by atoms with E-state index in [-0.39, 0.29) is 18.7 Å². The van der Waals surface area contributed by atoms with Gasteiger partial charge in [0, 0.05) is 18.0 Å². The number of likely N-dealkylation sites (N-methyl/N-ethyl adjacent to an activating group) is 1. The maximum absolute atomic E-state index is 13.2. The Labute approximate surface area is 189 Å². The van der Waals surface area contributed by atoms with Crippen LogP contribution in [-0.2, 0) is 17.5 Å². The van der Waals surface area contributed by atoms with Gasteiger partial charge in [-0.3, -0.25) is 4.79 Å². The van der Waals surface area contributed by atoms with Crippen molar-refractivity contribution in [2.24, 2.45) is 0 Å². The topological polar surface area (TPSA) is 66.9 Å². The molecule has 0 atom stereocenters. The van der Waals surface area contributed by atoms with Crippen LogP contribution in [0, 0.1) is 0 Å². The number of hydrogen-bond donors (Lipinski definition) is 0. The van der Waals surface area contributed by atoms with E-state index in [4.69, 9.17) is 0 Å². The van der Waals surface area contributed by atoms with E-state index in [0.29, 0.717) is 12.2 Å². The van der Waals surface area contributed by atoms with Gasteiger partial charge in [0.2, 0.25) is 5.91 Å². The second kappa shape index (κ2) is 11.2. The Bertz CT molecular complexity index is 938. The van der Waals surface area contributed by atoms with Crippen molar-refractivity contribution in [1.82, 2.24) is 9.80 Å². The van der Waals surface area contributed by atoms with Crippen molar-refractivity contribution in [3.63, 3.8) is 0 Å². The Kier molecular flexibility index (Phi) is 8.97. The third-order valence-electron chi connectivity index (χ3n) is 4.67. The number of halogens is 3. The Hall–Kier alpha value is -2.72. The molecule has 0 aromatic heterocycles. The zero-order chi connectivity index (χ0) is 23.9. The summed E-state index contributed by atoms with van der Waals surface area (Å²) in [5, 5.41) is 11.5. The number of thioether (sulfide) groups is 1. The van der Waals surface area contributed by atoms with Gasteiger partial charge in [0.05, 0.1) is 24.3 Å². The molecule has 0 saturated carbocycles. The smallest absolute Gasteiger partial charge is 0.416 e. The molecular weight excluding hydrogens is 443 g/mol. The van der Waals surface area contributed by atoms with Crippen LogP contribution in [-0.4, -0.2) is 61.8 Å². The number of amides is 2. The van der Waals surface area contributed by atoms with Crippen molar-refractivity contribution in [3.8, 4) is 0 Å². The van der Waals surface area contributed by atoms with E-state index >= 15 is 0 Å². The first-order chi connectivity index (χ1) is 15.0. The molecule has 0 heterocycles. The Morgan fingerprint density at radius 2 is 1.72 bits per heavy atom. The van der Waals surface area contributed by atoms with Gasteiger partial charge in [0.1, 0.15) is 6.09 Å². The number of benzene rings is 2. The summed E-state index contributed by atoms with van der Waals surface area (Å²) < 4.78 is 39.4. The Morgan fingerprint density at radius 1 is 1.03 bits per heavy atom. The molecule has 0 radical (unpaired) electrons. The van der Waals surface area contributed by atoms with Crippen molar-refractivity contribution in [2.45, 2.75) is 17.6 Å². The molecule has 2 aromatic rings. The molecule has 0 spiro atoms. The number of alkyl halides is 3. The van der Waals surface area contributed by atoms with Gasteiger partial charge in [-0.15, -0.1) is 11.8 Å². The molecule has 32 heavy (non-hydrogen) atoms. The van der Waals surface area contributed by atoms with Gasteiger partial charge in [-0.1, -0.05) is 24.3 Å². The molecule has 2 amide bonds. The van der Waals surface area contributed by atoms with Crippen molar-refractivity contribution < 1.29 is 27.9 Å². The number of rotatable bonds is 9. The molecule has 0 unspecified atom stereocenters. The maximum Gasteiger partial charge on any atom is 0.416 e. The highest BCUT2D eigenvalue weighted by molar-refractivity contribution is 7.98. The SMILES string of the molecule is CSc1ccccc1N(Cc1cccc(C(F)(F)F)c1)C(=O)CN(CCN(C)C)C(=O)[O-]. The van der Waals surface area contributed by atoms with Crippen LogP contribution in [0.5, 0.6) is 0 Å². The summed E-state index contributed by atoms with van der Waals surface area (Å²) >= 11 is 1.38. The summed E-state index contributed by atoms with van der Waals surface area (Å²) in [6, 6.07) is 11.7. The number of carboxylic acid groups (broad SMARTS) is 1. The highest BCUT2D eigenvalue weighted by Gasteiger charge is 2.31. The first kappa shape index (κ1) is 25.5. The number of para-hydroxylation sites is 1. The fourth-order valence-corrected chi connectivity index (χ4v) is 3.60. The van der Waals surface area contributed by atoms with E-state index in [0.717, 1.165) is 21.9 Å². The minimum Gasteiger partial charge on any atom is -0.530 e. The molecule has 10 heteroatoms. The molecule has 0 aliphatic carbocycles. The van der Waals surface area contributed by atoms with Crippen LogP contribution >= 0.6 is 11.8 Å². The standard InChI is InChI=1S/C22H26F3N3O3S/c1-26(2)11-12-27(21(30)31)15-20(29)28(18-9-4-5-10-19(18)32-3)14-16-7-6-8-17(13-16)22(23,24)25/h4-10,13H,11-12,14-15H2,1-3H3,(H,30,31)/p-1. The average Bonchev–Trinajstić information content (AvgIpc) is 2.74. The first-order valence-electron chi connectivity index (χ1n) is 9.73. The number of hydrogen-bond acceptors (Lipinski definition) is 5. The molecule has 0 aliphatic heterocycles. The van der Waals surface area contributed by atoms with Gasteiger partial charge in [-0.2, -0.15) is 13.2 Å². The summed E-state index contributed by atoms with van der Waals surface area (Å²) in [6.07, 6.45) is -4.19. The summed E-state index contributed by atoms with van der Waals surface area (Å²) in [4.78, 5) is 29.5. The molecular formula is C22H25F3N3O3S-. The third kappa shape index (κ3) is 7.16. The summed E-state index contributed by atoms with van der Waals surface area (Å²) in [5.41, 5.74) is -0.0476. The van der Waals surface area contributed by atoms with Crippen LogP contribution < -0.4 is 10.0 Å². The van der Waals surface area contributed by atoms with Gasteiger partial charge < -0.3 is 24.6 Å². The molecule has 0 bridgehead atoms. The van der Waals surface area contributed by atoms with Crippen LogP contribution in [0.1, 0.15) is 11.1 Å². The lowest BCUT2D eigenvalue weighted by Gasteiger charge is -2.30. The van der Waals surface area contributed by atoms with Crippen molar-refractivity contribution in [2.75, 3.05) is 44.9 Å². The second-order valence-electron chi connectivity index (χ2n) is 7.34. The lowest BCUT2D eigenvalue weighted by atomic mass is 10.1. The van der Waals surface area contributed by atoms with Crippen molar-refractivity contribution in [3.05, 3.63) is 59.7 Å². The predicted octanol–water partition coefficient (Wildman–Crippen LogP) is 3.17. The van der Waals surface area contributed by atoms with E-state index in [1.807, 2.05) is 6.26 Å². The van der Waals surface area contributed by atoms with E-state index in [1.54, 1.807) is 43.3 Å². The van der Waals surface area contributed by atoms with Crippen LogP contribution in [0.25, 0.3) is 0 Å². The third-order valence-corrected chi connectivity index (χ3v) is 5.46. The van der Waals surface area contributed by atoms with Crippen LogP contribution in [0.2, 0.25) is 0 Å². The number of nitrogens with zero attached hydrogens (tertiary/aromatic N) is 3. The van der Waals surface area contributed by atoms with Gasteiger partial charge in [-0.05, 0) is 50.2 Å². The highest BCUT2D eigenvalue weighted by atomic mass is 32.2. The molecule has 0 saturated heterocycles. The zero-order valence-corrected chi connectivity index (χ0v) is 18.9. The fourth-order valence-electron chi connectivity index (χ4n) is 2.99. The largest absolute Gasteiger partial charge is 0.530 e. The minimum absolute atomic E-state index is 0.0582. The van der Waals surface area contributed by atoms with Crippen LogP contribution in [0.3, 0.4) is 0 Å². The quantitative estimate of drug-likeness (QED) is 0.529. The zero-order valence-electron chi connectivity index (χ0n) is 18.1. The lowest BCUT2D eigenvalue weighted by molar-refractivity contribution is -0.265. The maximum atomic E-state index is 13.2. The van der Waals surface area contributed by atoms with E-state index in [9.17, 15) is 27.9 Å². The van der Waals surface area contributed by atoms with Crippen LogP contribution in [0.15, 0.2) is 53.4 Å². The van der Waals surface area contributed by atoms with E-state index in [2.05, 4.69) is 0 Å². The number of anilines is 1. The number of carbonyl (C=O) groups excluding carboxylic acids is 2. The Balaban J connectivity index is 2.39. The molecule has 2 rings (SSSR count). The van der Waals surface area contributed by atoms with Gasteiger partial charge in [0.15, 0.2) is 0 Å². The van der Waals surface area contributed by atoms with Gasteiger partial charge >= 0.3 is 6.18 Å². The molecule has 0 N–H and O–H groups in total. The lowest BCUT2D eigenvalue weighted by Crippen LogP contribution is -2.49. The summed E-state index contributed by atoms with van der Waals surface area (Å²) in [5.74, 6) is -0.563. The summed E-state index contributed by atoms with van der Waals surface area (Å²) in [7, 11) is 3.54. The number of carbonyl (C=O) groups is 2. The molecule has 0 aliphatic rings. The molecule has 0 fully saturated rings. The molecule has 6 nitrogen and oxygen atoms in total. The normalized spacial score (nSPS) is 11.5.